The number of benzene rings is 2. The lowest BCUT2D eigenvalue weighted by molar-refractivity contribution is 0.483. The summed E-state index contributed by atoms with van der Waals surface area (Å²) >= 11 is 23.1. The minimum atomic E-state index is 0.857. The molecule has 0 saturated carbocycles. The van der Waals surface area contributed by atoms with Crippen molar-refractivity contribution in [3.8, 4) is 90.9 Å². The summed E-state index contributed by atoms with van der Waals surface area (Å²) in [5, 5.41) is 0. The first-order valence-electron chi connectivity index (χ1n) is 28.9. The van der Waals surface area contributed by atoms with E-state index in [9.17, 15) is 0 Å². The van der Waals surface area contributed by atoms with Gasteiger partial charge in [-0.2, -0.15) is 0 Å². The number of hydrogen-bond donors (Lipinski definition) is 0. The third kappa shape index (κ3) is 15.3. The quantitative estimate of drug-likeness (QED) is 0.0408. The van der Waals surface area contributed by atoms with Gasteiger partial charge in [-0.25, -0.2) is 0 Å². The molecule has 0 N–H and O–H groups in total. The van der Waals surface area contributed by atoms with Crippen LogP contribution < -0.4 is 4.74 Å². The first-order valence-corrected chi connectivity index (χ1v) is 37.0. The van der Waals surface area contributed by atoms with Crippen molar-refractivity contribution in [2.45, 2.75) is 156 Å². The predicted molar refractivity (Wildman–Crippen MR) is 366 cm³/mol. The van der Waals surface area contributed by atoms with Crippen molar-refractivity contribution in [2.24, 2.45) is 0 Å². The molecule has 0 radical (unpaired) electrons. The van der Waals surface area contributed by atoms with Gasteiger partial charge in [0.25, 0.3) is 0 Å². The number of thiophene rings is 8. The number of aryl methyl sites for hydroxylation is 4. The highest BCUT2D eigenvalue weighted by Gasteiger charge is 2.21. The topological polar surface area (TPSA) is 9.23 Å². The van der Waals surface area contributed by atoms with Gasteiger partial charge in [0.2, 0.25) is 0 Å². The Labute approximate surface area is 520 Å². The summed E-state index contributed by atoms with van der Waals surface area (Å²) in [5.41, 5.74) is 8.42. The molecule has 8 heterocycles. The van der Waals surface area contributed by atoms with E-state index in [1.807, 2.05) is 90.7 Å². The predicted octanol–water partition coefficient (Wildman–Crippen LogP) is 27.3. The van der Waals surface area contributed by atoms with Crippen LogP contribution in [0.1, 0.15) is 153 Å². The van der Waals surface area contributed by atoms with Crippen LogP contribution in [0.15, 0.2) is 129 Å². The van der Waals surface area contributed by atoms with E-state index in [-0.39, 0.29) is 0 Å². The number of hydrogen-bond acceptors (Lipinski definition) is 9. The summed E-state index contributed by atoms with van der Waals surface area (Å²) in [5.74, 6) is 1.71. The maximum Gasteiger partial charge on any atom is 0.127 e. The van der Waals surface area contributed by atoms with E-state index in [1.54, 1.807) is 0 Å². The van der Waals surface area contributed by atoms with Crippen LogP contribution in [-0.2, 0) is 25.7 Å². The van der Waals surface area contributed by atoms with Crippen molar-refractivity contribution in [1.82, 2.24) is 0 Å². The zero-order valence-corrected chi connectivity index (χ0v) is 55.8. The number of rotatable bonds is 30. The Bertz CT molecular complexity index is 3240. The van der Waals surface area contributed by atoms with Crippen molar-refractivity contribution < 1.29 is 4.74 Å². The standard InChI is InChI=1S/C68H72Br2OS8/c1-5-9-13-17-21-47-41-61(76-65(47)57-37-33-53(72-57)55-35-39-59(74-55)67-49(43-63(69)78-67)23-19-15-11-7-3)45-25-29-51(30-26-45)71-52-31-27-46(28-32-52)62-42-48(22-18-14-10-6-2)66(77-62)58-38-34-54(73-58)56-36-40-60(75-56)68-50(44-64(70)79-68)24-20-16-12-8-4/h25-44H,5-24H2,1-4H3. The average Bonchev–Trinajstić information content (AvgIpc) is 4.46. The summed E-state index contributed by atoms with van der Waals surface area (Å²) in [4.78, 5) is 19.3. The van der Waals surface area contributed by atoms with E-state index in [2.05, 4.69) is 181 Å². The van der Waals surface area contributed by atoms with Crippen LogP contribution in [0, 0.1) is 0 Å². The Kier molecular flexibility index (Phi) is 21.9. The molecule has 0 fully saturated rings. The van der Waals surface area contributed by atoms with Gasteiger partial charge in [0.1, 0.15) is 11.5 Å². The molecule has 0 atom stereocenters. The highest BCUT2D eigenvalue weighted by Crippen LogP contribution is 2.50. The molecular formula is C68H72Br2OS8. The second-order valence-corrected chi connectivity index (χ2v) is 32.1. The Morgan fingerprint density at radius 1 is 0.278 bits per heavy atom. The molecule has 79 heavy (non-hydrogen) atoms. The van der Waals surface area contributed by atoms with Gasteiger partial charge in [-0.15, -0.1) is 90.7 Å². The molecule has 412 valence electrons. The third-order valence-electron chi connectivity index (χ3n) is 14.7. The largest absolute Gasteiger partial charge is 0.457 e. The second-order valence-electron chi connectivity index (χ2n) is 20.8. The Balaban J connectivity index is 0.819. The highest BCUT2D eigenvalue weighted by molar-refractivity contribution is 9.11. The summed E-state index contributed by atoms with van der Waals surface area (Å²) in [7, 11) is 0. The Morgan fingerprint density at radius 3 is 0.861 bits per heavy atom. The van der Waals surface area contributed by atoms with Crippen LogP contribution in [0.5, 0.6) is 11.5 Å². The van der Waals surface area contributed by atoms with E-state index in [0.717, 1.165) is 37.2 Å². The third-order valence-corrected chi connectivity index (χ3v) is 26.0. The maximum atomic E-state index is 6.53. The lowest BCUT2D eigenvalue weighted by Gasteiger charge is -2.07. The molecule has 0 aliphatic carbocycles. The molecule has 0 amide bonds. The van der Waals surface area contributed by atoms with Crippen molar-refractivity contribution in [3.63, 3.8) is 0 Å². The van der Waals surface area contributed by atoms with E-state index in [4.69, 9.17) is 4.74 Å². The maximum absolute atomic E-state index is 6.53. The van der Waals surface area contributed by atoms with Gasteiger partial charge in [-0.05, 0) is 238 Å². The molecule has 10 aromatic rings. The second kappa shape index (κ2) is 29.4. The van der Waals surface area contributed by atoms with Crippen LogP contribution in [0.25, 0.3) is 79.4 Å². The van der Waals surface area contributed by atoms with E-state index < -0.39 is 0 Å². The lowest BCUT2D eigenvalue weighted by atomic mass is 10.0. The van der Waals surface area contributed by atoms with Crippen molar-refractivity contribution in [1.29, 1.82) is 0 Å². The fourth-order valence-electron chi connectivity index (χ4n) is 10.4. The first kappa shape index (κ1) is 59.0. The van der Waals surface area contributed by atoms with E-state index >= 15 is 0 Å². The van der Waals surface area contributed by atoms with Gasteiger partial charge >= 0.3 is 0 Å². The molecule has 1 nitrogen and oxygen atoms in total. The zero-order valence-electron chi connectivity index (χ0n) is 46.1. The van der Waals surface area contributed by atoms with Crippen molar-refractivity contribution >= 4 is 123 Å². The molecule has 8 aromatic heterocycles. The smallest absolute Gasteiger partial charge is 0.127 e. The lowest BCUT2D eigenvalue weighted by Crippen LogP contribution is -1.86. The van der Waals surface area contributed by atoms with Crippen LogP contribution in [0.3, 0.4) is 0 Å². The van der Waals surface area contributed by atoms with Gasteiger partial charge in [-0.1, -0.05) is 105 Å². The normalized spacial score (nSPS) is 11.7. The SMILES string of the molecule is CCCCCCc1cc(Br)sc1-c1ccc(-c2ccc(-c3sc(-c4ccc(Oc5ccc(-c6cc(CCCCCC)c(-c7ccc(-c8ccc(-c9sc(Br)cc9CCCCCC)s8)s7)s6)cc5)cc4)cc3CCCCCC)s2)s1. The summed E-state index contributed by atoms with van der Waals surface area (Å²) in [6.07, 6.45) is 24.9. The zero-order chi connectivity index (χ0) is 54.5. The van der Waals surface area contributed by atoms with Gasteiger partial charge in [0.15, 0.2) is 0 Å². The van der Waals surface area contributed by atoms with Crippen LogP contribution in [0.2, 0.25) is 0 Å². The number of halogens is 2. The van der Waals surface area contributed by atoms with Crippen LogP contribution in [-0.4, -0.2) is 0 Å². The number of unbranched alkanes of at least 4 members (excludes halogenated alkanes) is 12. The average molecular weight is 1320 g/mol. The van der Waals surface area contributed by atoms with Gasteiger partial charge < -0.3 is 4.74 Å². The molecule has 0 saturated heterocycles. The van der Waals surface area contributed by atoms with Crippen LogP contribution in [0.4, 0.5) is 0 Å². The molecule has 2 aromatic carbocycles. The minimum Gasteiger partial charge on any atom is -0.457 e. The monoisotopic (exact) mass is 1320 g/mol. The van der Waals surface area contributed by atoms with Crippen molar-refractivity contribution in [3.05, 3.63) is 151 Å². The Morgan fingerprint density at radius 2 is 0.557 bits per heavy atom. The fraction of sp³-hybridized carbons (Fsp3) is 0.353. The van der Waals surface area contributed by atoms with Gasteiger partial charge in [0, 0.05) is 68.3 Å². The highest BCUT2D eigenvalue weighted by atomic mass is 79.9. The Hall–Kier alpha value is -3.20. The van der Waals surface area contributed by atoms with Gasteiger partial charge in [-0.3, -0.25) is 0 Å². The van der Waals surface area contributed by atoms with E-state index in [0.29, 0.717) is 0 Å². The minimum absolute atomic E-state index is 0.857. The molecule has 0 aliphatic heterocycles. The first-order chi connectivity index (χ1) is 38.8. The summed E-state index contributed by atoms with van der Waals surface area (Å²) in [6, 6.07) is 46.0. The molecule has 0 aliphatic rings. The molecule has 0 unspecified atom stereocenters. The summed E-state index contributed by atoms with van der Waals surface area (Å²) in [6.45, 7) is 9.18. The van der Waals surface area contributed by atoms with Gasteiger partial charge in [0.05, 0.1) is 7.57 Å². The number of ether oxygens (including phenoxy) is 1. The van der Waals surface area contributed by atoms with Crippen LogP contribution >= 0.6 is 123 Å². The molecule has 0 spiro atoms. The molecule has 11 heteroatoms. The molecule has 10 rings (SSSR count). The fourth-order valence-corrected chi connectivity index (χ4v) is 21.0. The molecular weight excluding hydrogens is 1250 g/mol. The van der Waals surface area contributed by atoms with Crippen molar-refractivity contribution in [2.75, 3.05) is 0 Å². The molecule has 0 bridgehead atoms. The van der Waals surface area contributed by atoms with E-state index in [1.165, 1.54) is 212 Å². The summed E-state index contributed by atoms with van der Waals surface area (Å²) < 4.78 is 9.00.